The maximum Gasteiger partial charge on any atom is 0.217 e. The number of hydrogen-bond acceptors (Lipinski definition) is 5. The number of nitrogens with two attached hydrogens (primary N) is 1. The largest absolute Gasteiger partial charge is 0.370 e. The summed E-state index contributed by atoms with van der Waals surface area (Å²) in [5, 5.41) is 6.43. The van der Waals surface area contributed by atoms with E-state index in [-0.39, 0.29) is 5.91 Å². The van der Waals surface area contributed by atoms with Gasteiger partial charge in [-0.25, -0.2) is 9.97 Å². The normalized spacial score (nSPS) is 10.2. The number of carbonyl (C=O) groups excluding carboxylic acids is 1. The zero-order valence-corrected chi connectivity index (χ0v) is 12.7. The highest BCUT2D eigenvalue weighted by Gasteiger charge is 2.07. The molecule has 0 aliphatic heterocycles. The van der Waals surface area contributed by atoms with Gasteiger partial charge >= 0.3 is 0 Å². The van der Waals surface area contributed by atoms with Gasteiger partial charge in [0.05, 0.1) is 0 Å². The molecule has 1 aromatic heterocycles. The van der Waals surface area contributed by atoms with Crippen molar-refractivity contribution in [1.82, 2.24) is 9.97 Å². The highest BCUT2D eigenvalue weighted by molar-refractivity contribution is 9.10. The molecule has 0 saturated carbocycles. The van der Waals surface area contributed by atoms with E-state index in [1.54, 1.807) is 0 Å². The summed E-state index contributed by atoms with van der Waals surface area (Å²) in [4.78, 5) is 18.9. The lowest BCUT2D eigenvalue weighted by Crippen LogP contribution is -2.11. The second kappa shape index (κ2) is 8.68. The van der Waals surface area contributed by atoms with Crippen molar-refractivity contribution >= 4 is 33.5 Å². The third kappa shape index (κ3) is 5.87. The fraction of sp³-hybridized carbons (Fsp3) is 0.583. The Bertz CT molecular complexity index is 413. The van der Waals surface area contributed by atoms with Gasteiger partial charge in [-0.3, -0.25) is 4.79 Å². The van der Waals surface area contributed by atoms with Crippen molar-refractivity contribution in [2.24, 2.45) is 5.73 Å². The predicted octanol–water partition coefficient (Wildman–Crippen LogP) is 2.13. The minimum atomic E-state index is -0.255. The fourth-order valence-corrected chi connectivity index (χ4v) is 1.98. The van der Waals surface area contributed by atoms with E-state index >= 15 is 0 Å². The first kappa shape index (κ1) is 15.7. The van der Waals surface area contributed by atoms with E-state index in [0.717, 1.165) is 48.5 Å². The second-order valence-corrected chi connectivity index (χ2v) is 4.95. The number of carbonyl (C=O) groups is 1. The van der Waals surface area contributed by atoms with E-state index in [9.17, 15) is 4.79 Å². The first-order chi connectivity index (χ1) is 9.15. The fourth-order valence-electron chi connectivity index (χ4n) is 1.49. The highest BCUT2D eigenvalue weighted by atomic mass is 79.9. The Morgan fingerprint density at radius 1 is 1.26 bits per heavy atom. The van der Waals surface area contributed by atoms with Crippen molar-refractivity contribution in [1.29, 1.82) is 0 Å². The van der Waals surface area contributed by atoms with Gasteiger partial charge in [0, 0.05) is 19.5 Å². The van der Waals surface area contributed by atoms with Crippen molar-refractivity contribution in [2.75, 3.05) is 23.7 Å². The van der Waals surface area contributed by atoms with Gasteiger partial charge in [-0.15, -0.1) is 0 Å². The molecule has 19 heavy (non-hydrogen) atoms. The molecule has 0 bridgehead atoms. The number of amides is 1. The van der Waals surface area contributed by atoms with Gasteiger partial charge in [-0.1, -0.05) is 6.92 Å². The van der Waals surface area contributed by atoms with Crippen molar-refractivity contribution in [2.45, 2.75) is 32.6 Å². The lowest BCUT2D eigenvalue weighted by atomic mass is 10.2. The van der Waals surface area contributed by atoms with Crippen LogP contribution in [-0.4, -0.2) is 29.0 Å². The molecule has 0 spiro atoms. The number of unbranched alkanes of at least 4 members (excludes halogenated alkanes) is 1. The SMILES string of the molecule is CCCNc1ncnc(NCCCCC(N)=O)c1Br. The van der Waals surface area contributed by atoms with Gasteiger partial charge < -0.3 is 16.4 Å². The number of nitrogens with zero attached hydrogens (tertiary/aromatic N) is 2. The molecule has 106 valence electrons. The molecule has 6 nitrogen and oxygen atoms in total. The summed E-state index contributed by atoms with van der Waals surface area (Å²) < 4.78 is 0.832. The zero-order chi connectivity index (χ0) is 14.1. The van der Waals surface area contributed by atoms with E-state index in [1.165, 1.54) is 6.33 Å². The number of anilines is 2. The average molecular weight is 330 g/mol. The van der Waals surface area contributed by atoms with Crippen LogP contribution in [0.3, 0.4) is 0 Å². The van der Waals surface area contributed by atoms with E-state index < -0.39 is 0 Å². The lowest BCUT2D eigenvalue weighted by molar-refractivity contribution is -0.118. The van der Waals surface area contributed by atoms with Gasteiger partial charge in [0.25, 0.3) is 0 Å². The summed E-state index contributed by atoms with van der Waals surface area (Å²) >= 11 is 3.48. The smallest absolute Gasteiger partial charge is 0.217 e. The van der Waals surface area contributed by atoms with Crippen LogP contribution in [0.2, 0.25) is 0 Å². The molecule has 0 unspecified atom stereocenters. The summed E-state index contributed by atoms with van der Waals surface area (Å²) in [6.45, 7) is 3.71. The van der Waals surface area contributed by atoms with Crippen LogP contribution in [-0.2, 0) is 4.79 Å². The van der Waals surface area contributed by atoms with Crippen LogP contribution in [0.1, 0.15) is 32.6 Å². The molecule has 0 aromatic carbocycles. The predicted molar refractivity (Wildman–Crippen MR) is 80.0 cm³/mol. The summed E-state index contributed by atoms with van der Waals surface area (Å²) in [5.74, 6) is 1.29. The van der Waals surface area contributed by atoms with E-state index in [4.69, 9.17) is 5.73 Å². The molecule has 7 heteroatoms. The number of hydrogen-bond donors (Lipinski definition) is 3. The Kier molecular flexibility index (Phi) is 7.17. The van der Waals surface area contributed by atoms with Crippen molar-refractivity contribution in [3.63, 3.8) is 0 Å². The van der Waals surface area contributed by atoms with Crippen LogP contribution in [0.5, 0.6) is 0 Å². The Hall–Kier alpha value is -1.37. The zero-order valence-electron chi connectivity index (χ0n) is 11.1. The molecule has 1 aromatic rings. The molecule has 1 rings (SSSR count). The molecule has 0 aliphatic carbocycles. The molecule has 0 saturated heterocycles. The molecule has 0 aliphatic rings. The summed E-state index contributed by atoms with van der Waals surface area (Å²) in [6.07, 6.45) is 4.64. The van der Waals surface area contributed by atoms with Crippen molar-refractivity contribution in [3.05, 3.63) is 10.8 Å². The first-order valence-corrected chi connectivity index (χ1v) is 7.21. The number of rotatable bonds is 9. The quantitative estimate of drug-likeness (QED) is 0.603. The Balaban J connectivity index is 2.42. The first-order valence-electron chi connectivity index (χ1n) is 6.41. The van der Waals surface area contributed by atoms with Crippen LogP contribution in [0.15, 0.2) is 10.8 Å². The summed E-state index contributed by atoms with van der Waals surface area (Å²) in [7, 11) is 0. The molecule has 4 N–H and O–H groups in total. The Morgan fingerprint density at radius 2 is 1.89 bits per heavy atom. The maximum atomic E-state index is 10.6. The van der Waals surface area contributed by atoms with Gasteiger partial charge in [0.15, 0.2) is 0 Å². The minimum absolute atomic E-state index is 0.255. The van der Waals surface area contributed by atoms with Crippen LogP contribution in [0.4, 0.5) is 11.6 Å². The Labute approximate surface area is 121 Å². The minimum Gasteiger partial charge on any atom is -0.370 e. The second-order valence-electron chi connectivity index (χ2n) is 4.16. The number of halogens is 1. The number of aromatic nitrogens is 2. The van der Waals surface area contributed by atoms with E-state index in [1.807, 2.05) is 0 Å². The van der Waals surface area contributed by atoms with Gasteiger partial charge in [0.1, 0.15) is 22.4 Å². The molecule has 1 amide bonds. The molecular weight excluding hydrogens is 310 g/mol. The van der Waals surface area contributed by atoms with Crippen molar-refractivity contribution in [3.8, 4) is 0 Å². The standard InChI is InChI=1S/C12H20BrN5O/c1-2-6-15-11-10(13)12(18-8-17-11)16-7-4-3-5-9(14)19/h8H,2-7H2,1H3,(H2,14,19)(H2,15,16,17,18). The highest BCUT2D eigenvalue weighted by Crippen LogP contribution is 2.26. The number of primary amides is 1. The van der Waals surface area contributed by atoms with Crippen LogP contribution >= 0.6 is 15.9 Å². The molecule has 1 heterocycles. The monoisotopic (exact) mass is 329 g/mol. The summed E-state index contributed by atoms with van der Waals surface area (Å²) in [6, 6.07) is 0. The number of nitrogens with one attached hydrogen (secondary N) is 2. The topological polar surface area (TPSA) is 92.9 Å². The lowest BCUT2D eigenvalue weighted by Gasteiger charge is -2.11. The average Bonchev–Trinajstić information content (AvgIpc) is 2.38. The van der Waals surface area contributed by atoms with E-state index in [2.05, 4.69) is 43.5 Å². The van der Waals surface area contributed by atoms with Crippen LogP contribution in [0.25, 0.3) is 0 Å². The van der Waals surface area contributed by atoms with Crippen LogP contribution < -0.4 is 16.4 Å². The molecule has 0 fully saturated rings. The van der Waals surface area contributed by atoms with E-state index in [0.29, 0.717) is 6.42 Å². The third-order valence-corrected chi connectivity index (χ3v) is 3.23. The third-order valence-electron chi connectivity index (χ3n) is 2.47. The van der Waals surface area contributed by atoms with Gasteiger partial charge in [-0.2, -0.15) is 0 Å². The summed E-state index contributed by atoms with van der Waals surface area (Å²) in [5.41, 5.74) is 5.08. The van der Waals surface area contributed by atoms with Crippen molar-refractivity contribution < 1.29 is 4.79 Å². The van der Waals surface area contributed by atoms with Crippen LogP contribution in [0, 0.1) is 0 Å². The van der Waals surface area contributed by atoms with Gasteiger partial charge in [-0.05, 0) is 35.2 Å². The Morgan fingerprint density at radius 3 is 2.47 bits per heavy atom. The molecular formula is C12H20BrN5O. The molecule has 0 radical (unpaired) electrons. The molecule has 0 atom stereocenters. The van der Waals surface area contributed by atoms with Gasteiger partial charge in [0.2, 0.25) is 5.91 Å². The maximum absolute atomic E-state index is 10.6.